The van der Waals surface area contributed by atoms with Crippen LogP contribution in [0.3, 0.4) is 0 Å². The van der Waals surface area contributed by atoms with Crippen molar-refractivity contribution in [1.82, 2.24) is 14.9 Å². The van der Waals surface area contributed by atoms with Crippen LogP contribution in [0, 0.1) is 0 Å². The number of nitrogens with zero attached hydrogens (tertiary/aromatic N) is 2. The van der Waals surface area contributed by atoms with E-state index in [0.717, 1.165) is 24.4 Å². The summed E-state index contributed by atoms with van der Waals surface area (Å²) in [5, 5.41) is 3.34. The zero-order valence-corrected chi connectivity index (χ0v) is 10.2. The first kappa shape index (κ1) is 11.1. The topological polar surface area (TPSA) is 29.9 Å². The third-order valence-electron chi connectivity index (χ3n) is 2.72. The van der Waals surface area contributed by atoms with Gasteiger partial charge in [0.1, 0.15) is 5.82 Å². The van der Waals surface area contributed by atoms with Crippen LogP contribution in [0.4, 0.5) is 0 Å². The second-order valence-corrected chi connectivity index (χ2v) is 4.26. The van der Waals surface area contributed by atoms with Crippen molar-refractivity contribution in [2.75, 3.05) is 6.54 Å². The number of fused-ring (bicyclic) bond motifs is 1. The smallest absolute Gasteiger partial charge is 0.124 e. The van der Waals surface area contributed by atoms with Crippen molar-refractivity contribution >= 4 is 11.0 Å². The first-order valence-electron chi connectivity index (χ1n) is 5.90. The van der Waals surface area contributed by atoms with E-state index in [1.54, 1.807) is 0 Å². The minimum Gasteiger partial charge on any atom is -0.324 e. The molecule has 0 saturated heterocycles. The number of rotatable bonds is 4. The van der Waals surface area contributed by atoms with Crippen LogP contribution in [0.5, 0.6) is 0 Å². The van der Waals surface area contributed by atoms with Gasteiger partial charge in [-0.3, -0.25) is 0 Å². The molecule has 0 spiro atoms. The van der Waals surface area contributed by atoms with Gasteiger partial charge in [-0.25, -0.2) is 4.98 Å². The highest BCUT2D eigenvalue weighted by Gasteiger charge is 2.11. The van der Waals surface area contributed by atoms with E-state index in [2.05, 4.69) is 53.8 Å². The van der Waals surface area contributed by atoms with Gasteiger partial charge in [-0.1, -0.05) is 19.1 Å². The average Bonchev–Trinajstić information content (AvgIpc) is 2.64. The van der Waals surface area contributed by atoms with E-state index < -0.39 is 0 Å². The molecule has 86 valence electrons. The summed E-state index contributed by atoms with van der Waals surface area (Å²) >= 11 is 0. The van der Waals surface area contributed by atoms with Crippen LogP contribution in [0.1, 0.15) is 32.6 Å². The zero-order chi connectivity index (χ0) is 11.5. The van der Waals surface area contributed by atoms with Crippen molar-refractivity contribution in [3.8, 4) is 0 Å². The molecule has 2 rings (SSSR count). The number of hydrogen-bond donors (Lipinski definition) is 1. The van der Waals surface area contributed by atoms with Crippen LogP contribution < -0.4 is 5.32 Å². The normalized spacial score (nSPS) is 11.5. The van der Waals surface area contributed by atoms with Crippen LogP contribution in [0.15, 0.2) is 24.3 Å². The van der Waals surface area contributed by atoms with Crippen molar-refractivity contribution in [1.29, 1.82) is 0 Å². The quantitative estimate of drug-likeness (QED) is 0.853. The number of para-hydroxylation sites is 2. The second-order valence-electron chi connectivity index (χ2n) is 4.26. The fourth-order valence-electron chi connectivity index (χ4n) is 2.03. The molecule has 1 aromatic carbocycles. The first-order valence-corrected chi connectivity index (χ1v) is 5.90. The van der Waals surface area contributed by atoms with Crippen LogP contribution in [0.2, 0.25) is 0 Å². The van der Waals surface area contributed by atoms with Crippen molar-refractivity contribution in [2.24, 2.45) is 0 Å². The largest absolute Gasteiger partial charge is 0.324 e. The van der Waals surface area contributed by atoms with Gasteiger partial charge in [0.25, 0.3) is 0 Å². The molecular weight excluding hydrogens is 198 g/mol. The van der Waals surface area contributed by atoms with Crippen molar-refractivity contribution in [3.05, 3.63) is 30.1 Å². The maximum atomic E-state index is 4.67. The molecule has 1 heterocycles. The molecule has 3 heteroatoms. The summed E-state index contributed by atoms with van der Waals surface area (Å²) in [6.45, 7) is 8.32. The summed E-state index contributed by atoms with van der Waals surface area (Å²) < 4.78 is 2.30. The Bertz CT molecular complexity index is 471. The van der Waals surface area contributed by atoms with E-state index >= 15 is 0 Å². The van der Waals surface area contributed by atoms with Gasteiger partial charge < -0.3 is 9.88 Å². The minimum atomic E-state index is 0.445. The molecule has 0 unspecified atom stereocenters. The monoisotopic (exact) mass is 217 g/mol. The molecule has 0 aliphatic heterocycles. The van der Waals surface area contributed by atoms with E-state index in [9.17, 15) is 0 Å². The van der Waals surface area contributed by atoms with E-state index in [0.29, 0.717) is 6.04 Å². The van der Waals surface area contributed by atoms with Crippen molar-refractivity contribution < 1.29 is 0 Å². The summed E-state index contributed by atoms with van der Waals surface area (Å²) in [5.41, 5.74) is 2.31. The zero-order valence-electron chi connectivity index (χ0n) is 10.2. The first-order chi connectivity index (χ1) is 7.74. The summed E-state index contributed by atoms with van der Waals surface area (Å²) in [6, 6.07) is 8.76. The second kappa shape index (κ2) is 4.66. The number of nitrogens with one attached hydrogen (secondary N) is 1. The lowest BCUT2D eigenvalue weighted by molar-refractivity contribution is 0.560. The molecule has 0 bridgehead atoms. The van der Waals surface area contributed by atoms with Gasteiger partial charge in [0.05, 0.1) is 17.6 Å². The Morgan fingerprint density at radius 2 is 2.06 bits per heavy atom. The fourth-order valence-corrected chi connectivity index (χ4v) is 2.03. The molecule has 0 saturated carbocycles. The van der Waals surface area contributed by atoms with Gasteiger partial charge in [0.15, 0.2) is 0 Å². The van der Waals surface area contributed by atoms with Gasteiger partial charge in [-0.15, -0.1) is 0 Å². The Kier molecular flexibility index (Phi) is 3.25. The number of imidazole rings is 1. The number of benzene rings is 1. The van der Waals surface area contributed by atoms with Gasteiger partial charge in [0.2, 0.25) is 0 Å². The number of aromatic nitrogens is 2. The van der Waals surface area contributed by atoms with Crippen molar-refractivity contribution in [3.63, 3.8) is 0 Å². The Morgan fingerprint density at radius 3 is 2.75 bits per heavy atom. The lowest BCUT2D eigenvalue weighted by Gasteiger charge is -2.13. The lowest BCUT2D eigenvalue weighted by Crippen LogP contribution is -2.17. The summed E-state index contributed by atoms with van der Waals surface area (Å²) in [7, 11) is 0. The lowest BCUT2D eigenvalue weighted by atomic mass is 10.3. The third kappa shape index (κ3) is 1.95. The summed E-state index contributed by atoms with van der Waals surface area (Å²) in [6.07, 6.45) is 0. The number of hydrogen-bond acceptors (Lipinski definition) is 2. The Balaban J connectivity index is 2.50. The molecule has 3 nitrogen and oxygen atoms in total. The van der Waals surface area contributed by atoms with Crippen LogP contribution >= 0.6 is 0 Å². The SMILES string of the molecule is CCNCc1nc2ccccc2n1C(C)C. The van der Waals surface area contributed by atoms with Crippen LogP contribution in [0.25, 0.3) is 11.0 Å². The molecule has 0 aliphatic rings. The minimum absolute atomic E-state index is 0.445. The molecule has 0 amide bonds. The molecular formula is C13H19N3. The van der Waals surface area contributed by atoms with Gasteiger partial charge in [-0.05, 0) is 32.5 Å². The predicted octanol–water partition coefficient (Wildman–Crippen LogP) is 2.73. The van der Waals surface area contributed by atoms with Gasteiger partial charge in [0, 0.05) is 6.04 Å². The molecule has 0 radical (unpaired) electrons. The molecule has 0 atom stereocenters. The Morgan fingerprint density at radius 1 is 1.31 bits per heavy atom. The van der Waals surface area contributed by atoms with E-state index in [4.69, 9.17) is 0 Å². The van der Waals surface area contributed by atoms with E-state index in [1.165, 1.54) is 5.52 Å². The van der Waals surface area contributed by atoms with Crippen LogP contribution in [-0.4, -0.2) is 16.1 Å². The summed E-state index contributed by atoms with van der Waals surface area (Å²) in [5.74, 6) is 1.12. The standard InChI is InChI=1S/C13H19N3/c1-4-14-9-13-15-11-7-5-6-8-12(11)16(13)10(2)3/h5-8,10,14H,4,9H2,1-3H3. The maximum absolute atomic E-state index is 4.67. The maximum Gasteiger partial charge on any atom is 0.124 e. The molecule has 16 heavy (non-hydrogen) atoms. The highest BCUT2D eigenvalue weighted by molar-refractivity contribution is 5.76. The third-order valence-corrected chi connectivity index (χ3v) is 2.72. The van der Waals surface area contributed by atoms with E-state index in [1.807, 2.05) is 6.07 Å². The fraction of sp³-hybridized carbons (Fsp3) is 0.462. The van der Waals surface area contributed by atoms with E-state index in [-0.39, 0.29) is 0 Å². The van der Waals surface area contributed by atoms with Crippen molar-refractivity contribution in [2.45, 2.75) is 33.4 Å². The van der Waals surface area contributed by atoms with Gasteiger partial charge in [-0.2, -0.15) is 0 Å². The molecule has 1 N–H and O–H groups in total. The molecule has 1 aromatic heterocycles. The predicted molar refractivity (Wildman–Crippen MR) is 67.5 cm³/mol. The molecule has 2 aromatic rings. The summed E-state index contributed by atoms with van der Waals surface area (Å²) in [4.78, 5) is 4.67. The van der Waals surface area contributed by atoms with Gasteiger partial charge >= 0.3 is 0 Å². The Hall–Kier alpha value is -1.35. The molecule has 0 fully saturated rings. The average molecular weight is 217 g/mol. The molecule has 0 aliphatic carbocycles. The Labute approximate surface area is 96.5 Å². The highest BCUT2D eigenvalue weighted by Crippen LogP contribution is 2.20. The van der Waals surface area contributed by atoms with Crippen LogP contribution in [-0.2, 0) is 6.54 Å². The highest BCUT2D eigenvalue weighted by atomic mass is 15.1.